The van der Waals surface area contributed by atoms with E-state index in [-0.39, 0.29) is 34.1 Å². The highest BCUT2D eigenvalue weighted by Gasteiger charge is 2.24. The van der Waals surface area contributed by atoms with Crippen molar-refractivity contribution in [2.75, 3.05) is 10.6 Å². The molecule has 6 heterocycles. The second kappa shape index (κ2) is 14.6. The van der Waals surface area contributed by atoms with E-state index in [0.29, 0.717) is 20.6 Å². The van der Waals surface area contributed by atoms with Crippen molar-refractivity contribution in [3.8, 4) is 21.1 Å². The first-order valence-corrected chi connectivity index (χ1v) is 17.0. The molecular formula is C32H30N10O4S3. The van der Waals surface area contributed by atoms with Gasteiger partial charge >= 0.3 is 0 Å². The van der Waals surface area contributed by atoms with Gasteiger partial charge in [0, 0.05) is 58.6 Å². The number of aryl methyl sites for hydroxylation is 1. The molecule has 6 N–H and O–H groups in total. The number of nitrogens with zero attached hydrogens (tertiary/aromatic N) is 6. The first kappa shape index (κ1) is 34.7. The van der Waals surface area contributed by atoms with Gasteiger partial charge < -0.3 is 22.1 Å². The van der Waals surface area contributed by atoms with Gasteiger partial charge in [0.1, 0.15) is 32.0 Å². The summed E-state index contributed by atoms with van der Waals surface area (Å²) in [6, 6.07) is 9.16. The second-order valence-corrected chi connectivity index (χ2v) is 14.1. The SMILES string of the molecule is CC(C)(C)c1cc(NC(=O)c2csc(-c3cccnc3)n2)c(C(N)=O)s1.Cn1ncc(NC(=O)c2csc(-c3cccnc3)n2)c1C(N)=O. The zero-order chi connectivity index (χ0) is 35.3. The number of nitrogens with two attached hydrogens (primary N) is 2. The molecule has 14 nitrogen and oxygen atoms in total. The highest BCUT2D eigenvalue weighted by Crippen LogP contribution is 2.35. The fourth-order valence-corrected chi connectivity index (χ4v) is 6.84. The Morgan fingerprint density at radius 1 is 0.776 bits per heavy atom. The van der Waals surface area contributed by atoms with Crippen molar-refractivity contribution in [3.63, 3.8) is 0 Å². The molecule has 6 rings (SSSR count). The molecule has 250 valence electrons. The fraction of sp³-hybridized carbons (Fsp3) is 0.156. The van der Waals surface area contributed by atoms with Crippen LogP contribution in [0.4, 0.5) is 11.4 Å². The topological polar surface area (TPSA) is 214 Å². The third-order valence-electron chi connectivity index (χ3n) is 6.65. The molecule has 0 radical (unpaired) electrons. The van der Waals surface area contributed by atoms with Crippen molar-refractivity contribution in [3.05, 3.63) is 98.9 Å². The minimum absolute atomic E-state index is 0.126. The highest BCUT2D eigenvalue weighted by molar-refractivity contribution is 7.15. The smallest absolute Gasteiger partial charge is 0.275 e. The summed E-state index contributed by atoms with van der Waals surface area (Å²) in [7, 11) is 1.57. The number of primary amides is 2. The van der Waals surface area contributed by atoms with E-state index in [0.717, 1.165) is 16.0 Å². The van der Waals surface area contributed by atoms with Crippen LogP contribution in [0.5, 0.6) is 0 Å². The molecule has 0 aliphatic carbocycles. The molecule has 0 bridgehead atoms. The number of pyridine rings is 2. The number of hydrogen-bond donors (Lipinski definition) is 4. The lowest BCUT2D eigenvalue weighted by atomic mass is 9.94. The normalized spacial score (nSPS) is 10.9. The Kier molecular flexibility index (Phi) is 10.4. The Morgan fingerprint density at radius 3 is 1.76 bits per heavy atom. The minimum atomic E-state index is -0.672. The summed E-state index contributed by atoms with van der Waals surface area (Å²) >= 11 is 3.99. The molecule has 0 aliphatic rings. The number of carbonyl (C=O) groups is 4. The summed E-state index contributed by atoms with van der Waals surface area (Å²) < 4.78 is 1.31. The lowest BCUT2D eigenvalue weighted by Crippen LogP contribution is -2.20. The van der Waals surface area contributed by atoms with Crippen LogP contribution in [0.3, 0.4) is 0 Å². The van der Waals surface area contributed by atoms with Crippen molar-refractivity contribution < 1.29 is 19.2 Å². The molecule has 0 unspecified atom stereocenters. The highest BCUT2D eigenvalue weighted by atomic mass is 32.1. The summed E-state index contributed by atoms with van der Waals surface area (Å²) in [5.74, 6) is -2.05. The quantitative estimate of drug-likeness (QED) is 0.163. The standard InChI is InChI=1S/C18H18N4O2S2.C14H12N6O2S/c1-18(2,3)13-7-11(14(26-13)15(19)23)21-16(24)12-9-25-17(22-12)10-5-4-6-20-8-10;1-20-11(12(15)21)9(6-17-20)18-13(22)10-7-23-14(19-10)8-3-2-4-16-5-8/h4-9H,1-3H3,(H2,19,23)(H,21,24);2-7H,1H3,(H2,15,21)(H,18,22). The molecule has 0 atom stereocenters. The van der Waals surface area contributed by atoms with Crippen LogP contribution in [0, 0.1) is 0 Å². The summed E-state index contributed by atoms with van der Waals surface area (Å²) in [4.78, 5) is 66.0. The Bertz CT molecular complexity index is 2130. The van der Waals surface area contributed by atoms with Crippen LogP contribution in [0.15, 0.2) is 72.1 Å². The van der Waals surface area contributed by atoms with Crippen molar-refractivity contribution in [1.29, 1.82) is 0 Å². The Morgan fingerprint density at radius 2 is 1.31 bits per heavy atom. The van der Waals surface area contributed by atoms with Crippen LogP contribution in [-0.4, -0.2) is 53.3 Å². The number of aromatic nitrogens is 6. The predicted octanol–water partition coefficient (Wildman–Crippen LogP) is 5.21. The van der Waals surface area contributed by atoms with E-state index < -0.39 is 17.7 Å². The predicted molar refractivity (Wildman–Crippen MR) is 190 cm³/mol. The van der Waals surface area contributed by atoms with E-state index in [4.69, 9.17) is 11.5 Å². The van der Waals surface area contributed by atoms with Gasteiger partial charge in [-0.3, -0.25) is 33.8 Å². The van der Waals surface area contributed by atoms with Gasteiger partial charge in [-0.2, -0.15) is 5.10 Å². The lowest BCUT2D eigenvalue weighted by Gasteiger charge is -2.15. The average Bonchev–Trinajstić information content (AvgIpc) is 3.88. The van der Waals surface area contributed by atoms with Crippen LogP contribution >= 0.6 is 34.0 Å². The number of anilines is 2. The van der Waals surface area contributed by atoms with Crippen molar-refractivity contribution in [1.82, 2.24) is 29.7 Å². The molecule has 4 amide bonds. The maximum atomic E-state index is 12.6. The van der Waals surface area contributed by atoms with Gasteiger partial charge in [-0.15, -0.1) is 34.0 Å². The number of hydrogen-bond acceptors (Lipinski definition) is 12. The largest absolute Gasteiger partial charge is 0.365 e. The van der Waals surface area contributed by atoms with Gasteiger partial charge in [-0.1, -0.05) is 20.8 Å². The van der Waals surface area contributed by atoms with Crippen molar-refractivity contribution in [2.45, 2.75) is 26.2 Å². The number of amides is 4. The molecule has 0 aromatic carbocycles. The number of rotatable bonds is 8. The Hall–Kier alpha value is -5.65. The molecule has 6 aromatic rings. The fourth-order valence-electron chi connectivity index (χ4n) is 4.23. The minimum Gasteiger partial charge on any atom is -0.365 e. The van der Waals surface area contributed by atoms with E-state index in [1.165, 1.54) is 44.9 Å². The third kappa shape index (κ3) is 8.26. The molecule has 0 saturated carbocycles. The van der Waals surface area contributed by atoms with E-state index in [9.17, 15) is 19.2 Å². The summed E-state index contributed by atoms with van der Waals surface area (Å²) in [5, 5.41) is 14.0. The number of thiazole rings is 2. The number of nitrogens with one attached hydrogen (secondary N) is 2. The molecule has 17 heteroatoms. The van der Waals surface area contributed by atoms with Crippen LogP contribution in [0.2, 0.25) is 0 Å². The van der Waals surface area contributed by atoms with Gasteiger partial charge in [0.15, 0.2) is 0 Å². The van der Waals surface area contributed by atoms with Crippen LogP contribution in [0.1, 0.15) is 66.8 Å². The zero-order valence-electron chi connectivity index (χ0n) is 26.6. The molecule has 0 saturated heterocycles. The summed E-state index contributed by atoms with van der Waals surface area (Å²) in [5.41, 5.74) is 13.6. The zero-order valence-corrected chi connectivity index (χ0v) is 29.1. The monoisotopic (exact) mass is 714 g/mol. The summed E-state index contributed by atoms with van der Waals surface area (Å²) in [6.45, 7) is 6.11. The average molecular weight is 715 g/mol. The lowest BCUT2D eigenvalue weighted by molar-refractivity contribution is 0.0985. The van der Waals surface area contributed by atoms with Gasteiger partial charge in [-0.05, 0) is 35.7 Å². The van der Waals surface area contributed by atoms with Crippen LogP contribution < -0.4 is 22.1 Å². The van der Waals surface area contributed by atoms with Gasteiger partial charge in [0.2, 0.25) is 0 Å². The maximum absolute atomic E-state index is 12.6. The third-order valence-corrected chi connectivity index (χ3v) is 10.0. The van der Waals surface area contributed by atoms with Crippen LogP contribution in [0.25, 0.3) is 21.1 Å². The van der Waals surface area contributed by atoms with E-state index >= 15 is 0 Å². The van der Waals surface area contributed by atoms with Gasteiger partial charge in [0.25, 0.3) is 23.6 Å². The Balaban J connectivity index is 0.000000192. The molecule has 0 fully saturated rings. The van der Waals surface area contributed by atoms with Crippen LogP contribution in [-0.2, 0) is 12.5 Å². The summed E-state index contributed by atoms with van der Waals surface area (Å²) in [6.07, 6.45) is 8.08. The molecule has 6 aromatic heterocycles. The first-order valence-electron chi connectivity index (χ1n) is 14.4. The first-order chi connectivity index (χ1) is 23.3. The van der Waals surface area contributed by atoms with Crippen molar-refractivity contribution >= 4 is 69.0 Å². The van der Waals surface area contributed by atoms with E-state index in [2.05, 4.69) is 35.7 Å². The van der Waals surface area contributed by atoms with Crippen molar-refractivity contribution in [2.24, 2.45) is 18.5 Å². The molecule has 49 heavy (non-hydrogen) atoms. The van der Waals surface area contributed by atoms with Gasteiger partial charge in [0.05, 0.1) is 17.6 Å². The molecule has 0 spiro atoms. The maximum Gasteiger partial charge on any atom is 0.275 e. The molecular weight excluding hydrogens is 685 g/mol. The number of carbonyl (C=O) groups excluding carboxylic acids is 4. The number of thiophene rings is 1. The molecule has 0 aliphatic heterocycles. The van der Waals surface area contributed by atoms with E-state index in [1.54, 1.807) is 54.7 Å². The second-order valence-electron chi connectivity index (χ2n) is 11.3. The van der Waals surface area contributed by atoms with Gasteiger partial charge in [-0.25, -0.2) is 9.97 Å². The van der Waals surface area contributed by atoms with E-state index in [1.807, 2.05) is 39.0 Å². The Labute approximate surface area is 292 Å².